The van der Waals surface area contributed by atoms with E-state index in [0.717, 1.165) is 31.6 Å². The fraction of sp³-hybridized carbons (Fsp3) is 0.346. The molecule has 5 rings (SSSR count). The van der Waals surface area contributed by atoms with Gasteiger partial charge in [0.05, 0.1) is 22.7 Å². The van der Waals surface area contributed by atoms with E-state index in [1.807, 2.05) is 0 Å². The van der Waals surface area contributed by atoms with E-state index in [9.17, 15) is 19.3 Å². The second-order valence-corrected chi connectivity index (χ2v) is 9.09. The molecule has 0 radical (unpaired) electrons. The van der Waals surface area contributed by atoms with Crippen LogP contribution in [0.25, 0.3) is 0 Å². The summed E-state index contributed by atoms with van der Waals surface area (Å²) in [6.07, 6.45) is 3.81. The van der Waals surface area contributed by atoms with E-state index in [2.05, 4.69) is 4.90 Å². The van der Waals surface area contributed by atoms with Crippen LogP contribution in [0.4, 0.5) is 16.0 Å². The van der Waals surface area contributed by atoms with Crippen molar-refractivity contribution in [2.75, 3.05) is 24.5 Å². The van der Waals surface area contributed by atoms with E-state index in [-0.39, 0.29) is 29.5 Å². The number of amides is 1. The Morgan fingerprint density at radius 1 is 1.06 bits per heavy atom. The van der Waals surface area contributed by atoms with Crippen LogP contribution in [0.2, 0.25) is 0 Å². The van der Waals surface area contributed by atoms with E-state index >= 15 is 0 Å². The quantitative estimate of drug-likeness (QED) is 0.373. The summed E-state index contributed by atoms with van der Waals surface area (Å²) in [5.74, 6) is 0.681. The number of nitrogens with zero attached hydrogens (tertiary/aromatic N) is 5. The number of ether oxygens (including phenoxy) is 1. The van der Waals surface area contributed by atoms with Gasteiger partial charge in [0.15, 0.2) is 0 Å². The average molecular weight is 492 g/mol. The molecule has 0 saturated carbocycles. The number of nitro groups is 1. The second-order valence-electron chi connectivity index (χ2n) is 9.09. The molecule has 3 aromatic rings. The lowest BCUT2D eigenvalue weighted by atomic mass is 10.0. The molecule has 0 atom stereocenters. The fourth-order valence-corrected chi connectivity index (χ4v) is 4.60. The molecule has 0 bridgehead atoms. The van der Waals surface area contributed by atoms with Crippen LogP contribution in [0.5, 0.6) is 11.6 Å². The van der Waals surface area contributed by atoms with Crippen molar-refractivity contribution in [1.29, 1.82) is 0 Å². The van der Waals surface area contributed by atoms with Crippen LogP contribution in [0, 0.1) is 22.9 Å². The van der Waals surface area contributed by atoms with E-state index < -0.39 is 4.92 Å². The molecule has 186 valence electrons. The number of piperidine rings is 1. The maximum Gasteiger partial charge on any atom is 0.273 e. The molecule has 0 unspecified atom stereocenters. The Morgan fingerprint density at radius 3 is 2.53 bits per heavy atom. The monoisotopic (exact) mass is 491 g/mol. The van der Waals surface area contributed by atoms with Crippen LogP contribution in [0.3, 0.4) is 0 Å². The zero-order valence-electron chi connectivity index (χ0n) is 19.9. The molecule has 1 amide bonds. The number of anilines is 1. The Balaban J connectivity index is 1.47. The minimum absolute atomic E-state index is 0.0897. The smallest absolute Gasteiger partial charge is 0.273 e. The van der Waals surface area contributed by atoms with Crippen molar-refractivity contribution in [3.8, 4) is 11.6 Å². The molecule has 2 aliphatic heterocycles. The van der Waals surface area contributed by atoms with Crippen molar-refractivity contribution in [3.05, 3.63) is 80.8 Å². The molecule has 1 fully saturated rings. The van der Waals surface area contributed by atoms with E-state index in [0.29, 0.717) is 41.7 Å². The molecular formula is C26H26FN5O4. The molecule has 0 spiro atoms. The normalized spacial score (nSPS) is 15.4. The van der Waals surface area contributed by atoms with Gasteiger partial charge in [0.2, 0.25) is 11.8 Å². The van der Waals surface area contributed by atoms with Crippen LogP contribution in [0.1, 0.15) is 46.4 Å². The van der Waals surface area contributed by atoms with Gasteiger partial charge in [0.25, 0.3) is 11.6 Å². The van der Waals surface area contributed by atoms with Gasteiger partial charge in [-0.2, -0.15) is 4.98 Å². The van der Waals surface area contributed by atoms with Crippen LogP contribution >= 0.6 is 0 Å². The number of halogens is 1. The number of fused-ring (bicyclic) bond motifs is 1. The molecule has 0 aliphatic carbocycles. The molecule has 1 aromatic heterocycles. The molecule has 9 nitrogen and oxygen atoms in total. The number of carbonyl (C=O) groups excluding carboxylic acids is 1. The van der Waals surface area contributed by atoms with Crippen molar-refractivity contribution in [1.82, 2.24) is 14.9 Å². The number of hydrogen-bond acceptors (Lipinski definition) is 7. The topological polar surface area (TPSA) is 102 Å². The highest BCUT2D eigenvalue weighted by Crippen LogP contribution is 2.33. The zero-order valence-corrected chi connectivity index (χ0v) is 19.9. The van der Waals surface area contributed by atoms with Gasteiger partial charge in [-0.3, -0.25) is 14.9 Å². The van der Waals surface area contributed by atoms with E-state index in [1.54, 1.807) is 24.0 Å². The molecule has 2 aliphatic rings. The summed E-state index contributed by atoms with van der Waals surface area (Å²) in [7, 11) is 0. The van der Waals surface area contributed by atoms with Crippen molar-refractivity contribution >= 4 is 17.5 Å². The van der Waals surface area contributed by atoms with Gasteiger partial charge in [0.1, 0.15) is 11.6 Å². The second kappa shape index (κ2) is 9.88. The Bertz CT molecular complexity index is 1310. The number of benzene rings is 2. The Hall–Kier alpha value is -4.08. The highest BCUT2D eigenvalue weighted by molar-refractivity contribution is 5.95. The number of rotatable bonds is 5. The molecule has 0 N–H and O–H groups in total. The third-order valence-corrected chi connectivity index (χ3v) is 6.62. The first kappa shape index (κ1) is 23.7. The fourth-order valence-electron chi connectivity index (χ4n) is 4.60. The van der Waals surface area contributed by atoms with Gasteiger partial charge in [0, 0.05) is 43.2 Å². The molecule has 36 heavy (non-hydrogen) atoms. The summed E-state index contributed by atoms with van der Waals surface area (Å²) in [4.78, 5) is 37.5. The number of aryl methyl sites for hydroxylation is 1. The van der Waals surface area contributed by atoms with Crippen molar-refractivity contribution in [2.24, 2.45) is 0 Å². The molecular weight excluding hydrogens is 465 g/mol. The summed E-state index contributed by atoms with van der Waals surface area (Å²) in [5, 5.41) is 11.4. The first-order valence-corrected chi connectivity index (χ1v) is 12.0. The Kier molecular flexibility index (Phi) is 6.49. The molecule has 2 aromatic carbocycles. The standard InChI is InChI=1S/C26H26FN5O4/c1-17-5-6-18(15-23(17)32(34)35)25(33)31-14-11-22-21(16-31)24(36-20-9-7-19(27)8-10-20)29-26(28-22)30-12-3-2-4-13-30/h5-10,15H,2-4,11-14,16H2,1H3. The van der Waals surface area contributed by atoms with Gasteiger partial charge in [-0.1, -0.05) is 6.07 Å². The lowest BCUT2D eigenvalue weighted by Crippen LogP contribution is -2.37. The maximum atomic E-state index is 13.4. The SMILES string of the molecule is Cc1ccc(C(=O)N2CCc3nc(N4CCCCC4)nc(Oc4ccc(F)cc4)c3C2)cc1[N+](=O)[O-]. The van der Waals surface area contributed by atoms with Crippen LogP contribution in [-0.2, 0) is 13.0 Å². The summed E-state index contributed by atoms with van der Waals surface area (Å²) >= 11 is 0. The number of hydrogen-bond donors (Lipinski definition) is 0. The maximum absolute atomic E-state index is 13.4. The summed E-state index contributed by atoms with van der Waals surface area (Å²) in [5.41, 5.74) is 2.15. The minimum atomic E-state index is -0.484. The lowest BCUT2D eigenvalue weighted by molar-refractivity contribution is -0.385. The van der Waals surface area contributed by atoms with Crippen LogP contribution < -0.4 is 9.64 Å². The Labute approximate surface area is 207 Å². The third kappa shape index (κ3) is 4.84. The van der Waals surface area contributed by atoms with Gasteiger partial charge >= 0.3 is 0 Å². The first-order chi connectivity index (χ1) is 17.4. The highest BCUT2D eigenvalue weighted by Gasteiger charge is 2.29. The first-order valence-electron chi connectivity index (χ1n) is 12.0. The largest absolute Gasteiger partial charge is 0.438 e. The van der Waals surface area contributed by atoms with Gasteiger partial charge in [-0.25, -0.2) is 9.37 Å². The van der Waals surface area contributed by atoms with Crippen LogP contribution in [0.15, 0.2) is 42.5 Å². The summed E-state index contributed by atoms with van der Waals surface area (Å²) in [6.45, 7) is 3.99. The van der Waals surface area contributed by atoms with Gasteiger partial charge in [-0.15, -0.1) is 0 Å². The van der Waals surface area contributed by atoms with Crippen molar-refractivity contribution in [3.63, 3.8) is 0 Å². The average Bonchev–Trinajstić information content (AvgIpc) is 2.90. The summed E-state index contributed by atoms with van der Waals surface area (Å²) in [6, 6.07) is 10.2. The Morgan fingerprint density at radius 2 is 1.81 bits per heavy atom. The van der Waals surface area contributed by atoms with Crippen molar-refractivity contribution in [2.45, 2.75) is 39.2 Å². The van der Waals surface area contributed by atoms with E-state index in [1.165, 1.54) is 36.8 Å². The minimum Gasteiger partial charge on any atom is -0.438 e. The van der Waals surface area contributed by atoms with Gasteiger partial charge in [-0.05, 0) is 56.5 Å². The zero-order chi connectivity index (χ0) is 25.2. The highest BCUT2D eigenvalue weighted by atomic mass is 19.1. The summed E-state index contributed by atoms with van der Waals surface area (Å²) < 4.78 is 19.5. The molecule has 3 heterocycles. The van der Waals surface area contributed by atoms with Gasteiger partial charge < -0.3 is 14.5 Å². The number of aromatic nitrogens is 2. The molecule has 1 saturated heterocycles. The van der Waals surface area contributed by atoms with E-state index in [4.69, 9.17) is 14.7 Å². The molecule has 10 heteroatoms. The van der Waals surface area contributed by atoms with Crippen molar-refractivity contribution < 1.29 is 18.8 Å². The number of nitro benzene ring substituents is 1. The van der Waals surface area contributed by atoms with Crippen LogP contribution in [-0.4, -0.2) is 45.3 Å². The predicted molar refractivity (Wildman–Crippen MR) is 131 cm³/mol. The lowest BCUT2D eigenvalue weighted by Gasteiger charge is -2.32. The predicted octanol–water partition coefficient (Wildman–Crippen LogP) is 4.81. The third-order valence-electron chi connectivity index (χ3n) is 6.62. The number of carbonyl (C=O) groups is 1.